The number of benzene rings is 1. The van der Waals surface area contributed by atoms with Crippen molar-refractivity contribution >= 4 is 21.8 Å². The van der Waals surface area contributed by atoms with Crippen molar-refractivity contribution in [1.29, 1.82) is 0 Å². The molecule has 1 aromatic carbocycles. The monoisotopic (exact) mass is 314 g/mol. The number of carbonyl (C=O) groups excluding carboxylic acids is 1. The van der Waals surface area contributed by atoms with Crippen LogP contribution in [-0.4, -0.2) is 30.4 Å². The fraction of sp³-hybridized carbons (Fsp3) is 0.462. The second-order valence-electron chi connectivity index (χ2n) is 4.69. The van der Waals surface area contributed by atoms with Crippen LogP contribution < -0.4 is 5.73 Å². The van der Waals surface area contributed by atoms with E-state index in [1.54, 1.807) is 24.1 Å². The van der Waals surface area contributed by atoms with Gasteiger partial charge in [-0.15, -0.1) is 0 Å². The van der Waals surface area contributed by atoms with Crippen molar-refractivity contribution in [3.8, 4) is 0 Å². The summed E-state index contributed by atoms with van der Waals surface area (Å²) in [7, 11) is 1.73. The first-order valence-corrected chi connectivity index (χ1v) is 6.76. The summed E-state index contributed by atoms with van der Waals surface area (Å²) in [6.45, 7) is 0.450. The summed E-state index contributed by atoms with van der Waals surface area (Å²) in [5.74, 6) is -0.0991. The van der Waals surface area contributed by atoms with Crippen LogP contribution in [-0.2, 0) is 0 Å². The molecule has 1 aliphatic rings. The highest BCUT2D eigenvalue weighted by Crippen LogP contribution is 2.35. The minimum atomic E-state index is -0.426. The van der Waals surface area contributed by atoms with E-state index in [0.29, 0.717) is 22.5 Å². The second-order valence-corrected chi connectivity index (χ2v) is 5.54. The van der Waals surface area contributed by atoms with Crippen molar-refractivity contribution in [2.75, 3.05) is 13.6 Å². The number of amides is 1. The Hall–Kier alpha value is -0.940. The summed E-state index contributed by atoms with van der Waals surface area (Å²) >= 11 is 3.07. The van der Waals surface area contributed by atoms with Gasteiger partial charge in [0, 0.05) is 25.2 Å². The maximum Gasteiger partial charge on any atom is 0.254 e. The van der Waals surface area contributed by atoms with Gasteiger partial charge in [-0.2, -0.15) is 0 Å². The normalized spacial score (nSPS) is 16.4. The van der Waals surface area contributed by atoms with Crippen molar-refractivity contribution < 1.29 is 9.18 Å². The minimum absolute atomic E-state index is 0.0595. The van der Waals surface area contributed by atoms with Crippen LogP contribution >= 0.6 is 15.9 Å². The first-order valence-electron chi connectivity index (χ1n) is 5.97. The fourth-order valence-corrected chi connectivity index (χ4v) is 2.38. The smallest absolute Gasteiger partial charge is 0.254 e. The molecule has 0 radical (unpaired) electrons. The minimum Gasteiger partial charge on any atom is -0.337 e. The number of nitrogens with zero attached hydrogens (tertiary/aromatic N) is 1. The van der Waals surface area contributed by atoms with E-state index >= 15 is 0 Å². The highest BCUT2D eigenvalue weighted by Gasteiger charge is 2.35. The van der Waals surface area contributed by atoms with Crippen LogP contribution in [0.1, 0.15) is 23.2 Å². The van der Waals surface area contributed by atoms with Crippen LogP contribution in [0.4, 0.5) is 4.39 Å². The zero-order chi connectivity index (χ0) is 13.3. The SMILES string of the molecule is CN(C(=O)c1ccc(Br)c(F)c1)C(CN)C1CC1. The molecule has 2 N–H and O–H groups in total. The molecule has 0 spiro atoms. The average molecular weight is 315 g/mol. The van der Waals surface area contributed by atoms with Gasteiger partial charge in [-0.1, -0.05) is 0 Å². The molecule has 0 saturated heterocycles. The Bertz CT molecular complexity index is 462. The Morgan fingerprint density at radius 2 is 2.28 bits per heavy atom. The van der Waals surface area contributed by atoms with Crippen molar-refractivity contribution in [3.05, 3.63) is 34.1 Å². The topological polar surface area (TPSA) is 46.3 Å². The van der Waals surface area contributed by atoms with Gasteiger partial charge in [0.1, 0.15) is 5.82 Å². The third-order valence-electron chi connectivity index (χ3n) is 3.39. The van der Waals surface area contributed by atoms with E-state index in [9.17, 15) is 9.18 Å². The van der Waals surface area contributed by atoms with E-state index in [2.05, 4.69) is 15.9 Å². The van der Waals surface area contributed by atoms with Crippen LogP contribution in [0.5, 0.6) is 0 Å². The summed E-state index contributed by atoms with van der Waals surface area (Å²) in [6.07, 6.45) is 2.24. The maximum absolute atomic E-state index is 13.4. The molecule has 1 saturated carbocycles. The summed E-state index contributed by atoms with van der Waals surface area (Å²) in [5.41, 5.74) is 6.07. The van der Waals surface area contributed by atoms with Crippen LogP contribution in [0.15, 0.2) is 22.7 Å². The number of likely N-dealkylation sites (N-methyl/N-ethyl adjacent to an activating group) is 1. The first-order chi connectivity index (χ1) is 8.54. The molecule has 2 rings (SSSR count). The molecule has 5 heteroatoms. The number of halogens is 2. The number of hydrogen-bond acceptors (Lipinski definition) is 2. The van der Waals surface area contributed by atoms with Crippen LogP contribution in [0.2, 0.25) is 0 Å². The largest absolute Gasteiger partial charge is 0.337 e. The van der Waals surface area contributed by atoms with Gasteiger partial charge in [0.2, 0.25) is 0 Å². The van der Waals surface area contributed by atoms with Crippen molar-refractivity contribution in [1.82, 2.24) is 4.90 Å². The first kappa shape index (κ1) is 13.5. The van der Waals surface area contributed by atoms with Gasteiger partial charge < -0.3 is 10.6 Å². The summed E-state index contributed by atoms with van der Waals surface area (Å²) < 4.78 is 13.8. The summed E-state index contributed by atoms with van der Waals surface area (Å²) in [6, 6.07) is 4.48. The molecule has 0 heterocycles. The fourth-order valence-electron chi connectivity index (χ4n) is 2.13. The van der Waals surface area contributed by atoms with E-state index in [-0.39, 0.29) is 11.9 Å². The Morgan fingerprint density at radius 1 is 1.61 bits per heavy atom. The van der Waals surface area contributed by atoms with Crippen molar-refractivity contribution in [2.45, 2.75) is 18.9 Å². The van der Waals surface area contributed by atoms with Gasteiger partial charge in [0.15, 0.2) is 0 Å². The van der Waals surface area contributed by atoms with Gasteiger partial charge in [0.25, 0.3) is 5.91 Å². The van der Waals surface area contributed by atoms with Gasteiger partial charge in [0.05, 0.1) is 4.47 Å². The van der Waals surface area contributed by atoms with Gasteiger partial charge in [-0.25, -0.2) is 4.39 Å². The third-order valence-corrected chi connectivity index (χ3v) is 4.04. The molecule has 0 aliphatic heterocycles. The van der Waals surface area contributed by atoms with E-state index in [1.165, 1.54) is 6.07 Å². The molecule has 1 fully saturated rings. The van der Waals surface area contributed by atoms with Gasteiger partial charge >= 0.3 is 0 Å². The second kappa shape index (κ2) is 5.36. The molecule has 1 unspecified atom stereocenters. The van der Waals surface area contributed by atoms with E-state index < -0.39 is 5.82 Å². The zero-order valence-electron chi connectivity index (χ0n) is 10.2. The summed E-state index contributed by atoms with van der Waals surface area (Å²) in [5, 5.41) is 0. The maximum atomic E-state index is 13.4. The van der Waals surface area contributed by atoms with Crippen LogP contribution in [0, 0.1) is 11.7 Å². The van der Waals surface area contributed by atoms with Gasteiger partial charge in [-0.3, -0.25) is 4.79 Å². The molecule has 98 valence electrons. The highest BCUT2D eigenvalue weighted by atomic mass is 79.9. The van der Waals surface area contributed by atoms with E-state index in [1.807, 2.05) is 0 Å². The molecule has 0 bridgehead atoms. The predicted molar refractivity (Wildman–Crippen MR) is 71.8 cm³/mol. The molecule has 1 amide bonds. The number of hydrogen-bond donors (Lipinski definition) is 1. The number of nitrogens with two attached hydrogens (primary N) is 1. The Morgan fingerprint density at radius 3 is 2.78 bits per heavy atom. The lowest BCUT2D eigenvalue weighted by atomic mass is 10.1. The molecule has 3 nitrogen and oxygen atoms in total. The zero-order valence-corrected chi connectivity index (χ0v) is 11.8. The molecular formula is C13H16BrFN2O. The predicted octanol–water partition coefficient (Wildman–Crippen LogP) is 2.40. The molecular weight excluding hydrogens is 299 g/mol. The van der Waals surface area contributed by atoms with Crippen molar-refractivity contribution in [2.24, 2.45) is 11.7 Å². The van der Waals surface area contributed by atoms with Gasteiger partial charge in [-0.05, 0) is 52.9 Å². The average Bonchev–Trinajstić information content (AvgIpc) is 3.17. The van der Waals surface area contributed by atoms with E-state index in [4.69, 9.17) is 5.73 Å². The molecule has 1 aromatic rings. The highest BCUT2D eigenvalue weighted by molar-refractivity contribution is 9.10. The van der Waals surface area contributed by atoms with Crippen LogP contribution in [0.3, 0.4) is 0 Å². The molecule has 1 atom stereocenters. The molecule has 1 aliphatic carbocycles. The molecule has 0 aromatic heterocycles. The molecule has 18 heavy (non-hydrogen) atoms. The lowest BCUT2D eigenvalue weighted by Crippen LogP contribution is -2.43. The standard InChI is InChI=1S/C13H16BrFN2O/c1-17(12(7-16)8-2-3-8)13(18)9-4-5-10(14)11(15)6-9/h4-6,8,12H,2-3,7,16H2,1H3. The Labute approximate surface area is 114 Å². The van der Waals surface area contributed by atoms with Crippen LogP contribution in [0.25, 0.3) is 0 Å². The lowest BCUT2D eigenvalue weighted by molar-refractivity contribution is 0.0718. The number of rotatable bonds is 4. The summed E-state index contributed by atoms with van der Waals surface area (Å²) in [4.78, 5) is 13.9. The number of carbonyl (C=O) groups is 1. The quantitative estimate of drug-likeness (QED) is 0.927. The lowest BCUT2D eigenvalue weighted by Gasteiger charge is -2.27. The Balaban J connectivity index is 2.16. The Kier molecular flexibility index (Phi) is 4.02. The third kappa shape index (κ3) is 2.72. The van der Waals surface area contributed by atoms with E-state index in [0.717, 1.165) is 12.8 Å². The van der Waals surface area contributed by atoms with Crippen molar-refractivity contribution in [3.63, 3.8) is 0 Å².